The van der Waals surface area contributed by atoms with Gasteiger partial charge in [-0.25, -0.2) is 0 Å². The third-order valence-electron chi connectivity index (χ3n) is 4.31. The summed E-state index contributed by atoms with van der Waals surface area (Å²) in [6, 6.07) is 0.191. The Morgan fingerprint density at radius 3 is 2.59 bits per heavy atom. The summed E-state index contributed by atoms with van der Waals surface area (Å²) >= 11 is 0. The Balaban J connectivity index is 2.31. The fourth-order valence-electron chi connectivity index (χ4n) is 2.60. The summed E-state index contributed by atoms with van der Waals surface area (Å²) in [4.78, 5) is 11.4. The number of carbonyl (C=O) groups is 1. The molecule has 0 radical (unpaired) electrons. The number of nitrogens with one attached hydrogen (secondary N) is 1. The van der Waals surface area contributed by atoms with Crippen molar-refractivity contribution >= 4 is 5.97 Å². The minimum Gasteiger partial charge on any atom is -0.469 e. The minimum absolute atomic E-state index is 0.0705. The van der Waals surface area contributed by atoms with Crippen LogP contribution in [0.25, 0.3) is 0 Å². The second kappa shape index (κ2) is 7.00. The molecule has 0 bridgehead atoms. The molecule has 0 spiro atoms. The molecule has 1 aliphatic carbocycles. The van der Waals surface area contributed by atoms with Gasteiger partial charge in [-0.05, 0) is 31.7 Å². The van der Waals surface area contributed by atoms with E-state index in [-0.39, 0.29) is 17.9 Å². The highest BCUT2D eigenvalue weighted by Gasteiger charge is 2.24. The largest absolute Gasteiger partial charge is 0.469 e. The van der Waals surface area contributed by atoms with E-state index in [9.17, 15) is 4.79 Å². The fourth-order valence-corrected chi connectivity index (χ4v) is 2.60. The summed E-state index contributed by atoms with van der Waals surface area (Å²) in [5, 5.41) is 3.50. The zero-order valence-corrected chi connectivity index (χ0v) is 11.7. The summed E-state index contributed by atoms with van der Waals surface area (Å²) in [6.45, 7) is 7.37. The molecule has 17 heavy (non-hydrogen) atoms. The summed E-state index contributed by atoms with van der Waals surface area (Å²) < 4.78 is 4.77. The van der Waals surface area contributed by atoms with Gasteiger partial charge < -0.3 is 10.1 Å². The normalized spacial score (nSPS) is 28.5. The molecule has 0 aromatic rings. The van der Waals surface area contributed by atoms with Crippen molar-refractivity contribution in [2.24, 2.45) is 17.8 Å². The van der Waals surface area contributed by atoms with Crippen molar-refractivity contribution in [3.05, 3.63) is 0 Å². The molecule has 3 nitrogen and oxygen atoms in total. The van der Waals surface area contributed by atoms with Crippen LogP contribution in [0, 0.1) is 17.8 Å². The number of ether oxygens (including phenoxy) is 1. The van der Waals surface area contributed by atoms with Gasteiger partial charge in [0.1, 0.15) is 0 Å². The van der Waals surface area contributed by atoms with Crippen molar-refractivity contribution in [2.75, 3.05) is 13.7 Å². The third kappa shape index (κ3) is 4.30. The lowest BCUT2D eigenvalue weighted by Crippen LogP contribution is -2.40. The van der Waals surface area contributed by atoms with Crippen LogP contribution in [0.4, 0.5) is 0 Å². The average Bonchev–Trinajstić information content (AvgIpc) is 2.35. The Hall–Kier alpha value is -0.570. The number of rotatable bonds is 5. The molecule has 0 aliphatic heterocycles. The number of hydrogen-bond acceptors (Lipinski definition) is 3. The highest BCUT2D eigenvalue weighted by molar-refractivity contribution is 5.72. The molecule has 1 aliphatic rings. The number of carbonyl (C=O) groups excluding carboxylic acids is 1. The Morgan fingerprint density at radius 2 is 2.00 bits per heavy atom. The first-order chi connectivity index (χ1) is 8.06. The molecule has 4 unspecified atom stereocenters. The van der Waals surface area contributed by atoms with Gasteiger partial charge in [0.2, 0.25) is 0 Å². The van der Waals surface area contributed by atoms with E-state index in [1.54, 1.807) is 0 Å². The van der Waals surface area contributed by atoms with Crippen LogP contribution in [0.3, 0.4) is 0 Å². The molecule has 4 atom stereocenters. The van der Waals surface area contributed by atoms with Gasteiger partial charge >= 0.3 is 5.97 Å². The van der Waals surface area contributed by atoms with Gasteiger partial charge in [0.25, 0.3) is 0 Å². The molecule has 0 amide bonds. The predicted molar refractivity (Wildman–Crippen MR) is 69.8 cm³/mol. The molecule has 0 saturated heterocycles. The molecule has 1 rings (SSSR count). The quantitative estimate of drug-likeness (QED) is 0.752. The second-order valence-electron chi connectivity index (χ2n) is 5.53. The van der Waals surface area contributed by atoms with Crippen LogP contribution in [0.1, 0.15) is 46.5 Å². The van der Waals surface area contributed by atoms with Crippen molar-refractivity contribution in [3.63, 3.8) is 0 Å². The topological polar surface area (TPSA) is 38.3 Å². The summed E-state index contributed by atoms with van der Waals surface area (Å²) in [5.74, 6) is 1.40. The van der Waals surface area contributed by atoms with Crippen LogP contribution in [0.5, 0.6) is 0 Å². The molecule has 100 valence electrons. The molecular weight excluding hydrogens is 214 g/mol. The first-order valence-electron chi connectivity index (χ1n) is 6.87. The Morgan fingerprint density at radius 1 is 1.35 bits per heavy atom. The highest BCUT2D eigenvalue weighted by Crippen LogP contribution is 2.29. The van der Waals surface area contributed by atoms with Crippen LogP contribution in [-0.2, 0) is 9.53 Å². The van der Waals surface area contributed by atoms with Crippen molar-refractivity contribution in [1.29, 1.82) is 0 Å². The maximum absolute atomic E-state index is 11.4. The molecule has 1 saturated carbocycles. The average molecular weight is 241 g/mol. The van der Waals surface area contributed by atoms with E-state index in [0.717, 1.165) is 18.4 Å². The molecular formula is C14H27NO2. The first kappa shape index (κ1) is 14.5. The van der Waals surface area contributed by atoms with Gasteiger partial charge in [-0.1, -0.05) is 33.1 Å². The van der Waals surface area contributed by atoms with Gasteiger partial charge in [-0.3, -0.25) is 4.79 Å². The lowest BCUT2D eigenvalue weighted by molar-refractivity contribution is -0.145. The monoisotopic (exact) mass is 241 g/mol. The zero-order valence-electron chi connectivity index (χ0n) is 11.7. The maximum atomic E-state index is 11.4. The summed E-state index contributed by atoms with van der Waals surface area (Å²) in [7, 11) is 1.45. The molecule has 1 fully saturated rings. The van der Waals surface area contributed by atoms with Crippen molar-refractivity contribution in [2.45, 2.75) is 52.5 Å². The highest BCUT2D eigenvalue weighted by atomic mass is 16.5. The number of hydrogen-bond donors (Lipinski definition) is 1. The Kier molecular flexibility index (Phi) is 5.96. The SMILES string of the molecule is COC(=O)C(C)C(C)NCC1CCCCC1C. The molecule has 3 heteroatoms. The molecule has 1 N–H and O–H groups in total. The van der Waals surface area contributed by atoms with Gasteiger partial charge in [-0.15, -0.1) is 0 Å². The van der Waals surface area contributed by atoms with E-state index in [1.807, 2.05) is 6.92 Å². The smallest absolute Gasteiger partial charge is 0.309 e. The van der Waals surface area contributed by atoms with E-state index in [4.69, 9.17) is 4.74 Å². The van der Waals surface area contributed by atoms with E-state index in [2.05, 4.69) is 19.2 Å². The number of methoxy groups -OCH3 is 1. The van der Waals surface area contributed by atoms with E-state index >= 15 is 0 Å². The van der Waals surface area contributed by atoms with Crippen molar-refractivity contribution in [3.8, 4) is 0 Å². The summed E-state index contributed by atoms with van der Waals surface area (Å²) in [6.07, 6.45) is 5.42. The lowest BCUT2D eigenvalue weighted by atomic mass is 9.80. The predicted octanol–water partition coefficient (Wildman–Crippen LogP) is 2.60. The van der Waals surface area contributed by atoms with Crippen LogP contribution in [0.15, 0.2) is 0 Å². The van der Waals surface area contributed by atoms with Crippen LogP contribution in [0.2, 0.25) is 0 Å². The standard InChI is InChI=1S/C14H27NO2/c1-10-7-5-6-8-13(10)9-15-12(3)11(2)14(16)17-4/h10-13,15H,5-9H2,1-4H3. The molecule has 0 aromatic carbocycles. The molecule has 0 heterocycles. The fraction of sp³-hybridized carbons (Fsp3) is 0.929. The van der Waals surface area contributed by atoms with E-state index in [0.29, 0.717) is 0 Å². The van der Waals surface area contributed by atoms with Gasteiger partial charge in [0.15, 0.2) is 0 Å². The van der Waals surface area contributed by atoms with E-state index < -0.39 is 0 Å². The Labute approximate surface area is 105 Å². The number of esters is 1. The van der Waals surface area contributed by atoms with Crippen molar-refractivity contribution < 1.29 is 9.53 Å². The van der Waals surface area contributed by atoms with Gasteiger partial charge in [0, 0.05) is 6.04 Å². The molecule has 0 aromatic heterocycles. The first-order valence-corrected chi connectivity index (χ1v) is 6.87. The van der Waals surface area contributed by atoms with Crippen LogP contribution < -0.4 is 5.32 Å². The third-order valence-corrected chi connectivity index (χ3v) is 4.31. The summed E-state index contributed by atoms with van der Waals surface area (Å²) in [5.41, 5.74) is 0. The zero-order chi connectivity index (χ0) is 12.8. The van der Waals surface area contributed by atoms with E-state index in [1.165, 1.54) is 32.8 Å². The maximum Gasteiger partial charge on any atom is 0.309 e. The van der Waals surface area contributed by atoms with Gasteiger partial charge in [-0.2, -0.15) is 0 Å². The lowest BCUT2D eigenvalue weighted by Gasteiger charge is -2.30. The minimum atomic E-state index is -0.123. The second-order valence-corrected chi connectivity index (χ2v) is 5.53. The van der Waals surface area contributed by atoms with Crippen LogP contribution >= 0.6 is 0 Å². The van der Waals surface area contributed by atoms with Gasteiger partial charge in [0.05, 0.1) is 13.0 Å². The Bertz CT molecular complexity index is 242. The van der Waals surface area contributed by atoms with Crippen LogP contribution in [-0.4, -0.2) is 25.7 Å². The van der Waals surface area contributed by atoms with Crippen molar-refractivity contribution in [1.82, 2.24) is 5.32 Å².